The summed E-state index contributed by atoms with van der Waals surface area (Å²) in [5.74, 6) is -0.168. The van der Waals surface area contributed by atoms with Crippen molar-refractivity contribution in [2.45, 2.75) is 45.1 Å². The number of aliphatic carboxylic acids is 1. The third kappa shape index (κ3) is 6.29. The van der Waals surface area contributed by atoms with E-state index in [9.17, 15) is 9.59 Å². The lowest BCUT2D eigenvalue weighted by Gasteiger charge is -2.25. The number of carbonyl (C=O) groups excluding carboxylic acids is 1. The van der Waals surface area contributed by atoms with Crippen LogP contribution in [0.2, 0.25) is 0 Å². The van der Waals surface area contributed by atoms with Gasteiger partial charge in [0.05, 0.1) is 7.11 Å². The van der Waals surface area contributed by atoms with Gasteiger partial charge in [0.1, 0.15) is 5.75 Å². The summed E-state index contributed by atoms with van der Waals surface area (Å²) in [5.41, 5.74) is 0.467. The summed E-state index contributed by atoms with van der Waals surface area (Å²) in [7, 11) is 1.61. The highest BCUT2D eigenvalue weighted by Gasteiger charge is 2.21. The minimum Gasteiger partial charge on any atom is -0.496 e. The van der Waals surface area contributed by atoms with E-state index < -0.39 is 11.5 Å². The number of ether oxygens (including phenoxy) is 1. The quantitative estimate of drug-likeness (QED) is 0.771. The van der Waals surface area contributed by atoms with Gasteiger partial charge in [0, 0.05) is 18.4 Å². The van der Waals surface area contributed by atoms with E-state index in [-0.39, 0.29) is 12.3 Å². The predicted molar refractivity (Wildman–Crippen MR) is 80.4 cm³/mol. The van der Waals surface area contributed by atoms with Crippen LogP contribution < -0.4 is 10.1 Å². The fourth-order valence-corrected chi connectivity index (χ4v) is 2.08. The molecule has 0 aromatic heterocycles. The topological polar surface area (TPSA) is 75.6 Å². The Balaban J connectivity index is 2.48. The van der Waals surface area contributed by atoms with Crippen LogP contribution in [-0.2, 0) is 16.0 Å². The van der Waals surface area contributed by atoms with Gasteiger partial charge in [0.2, 0.25) is 5.91 Å². The van der Waals surface area contributed by atoms with Gasteiger partial charge in [0.25, 0.3) is 0 Å². The lowest BCUT2D eigenvalue weighted by atomic mass is 9.98. The molecule has 5 heteroatoms. The predicted octanol–water partition coefficient (Wildman–Crippen LogP) is 2.39. The fraction of sp³-hybridized carbons (Fsp3) is 0.500. The maximum Gasteiger partial charge on any atom is 0.303 e. The molecule has 0 atom stereocenters. The molecular weight excluding hydrogens is 270 g/mol. The molecule has 0 radical (unpaired) electrons. The molecule has 0 aliphatic rings. The number of carboxylic acids is 1. The number of hydrogen-bond donors (Lipinski definition) is 2. The third-order valence-corrected chi connectivity index (χ3v) is 3.26. The summed E-state index contributed by atoms with van der Waals surface area (Å²) in [4.78, 5) is 22.6. The maximum absolute atomic E-state index is 12.0. The Bertz CT molecular complexity index is 497. The monoisotopic (exact) mass is 293 g/mol. The average molecular weight is 293 g/mol. The molecule has 0 bridgehead atoms. The number of nitrogens with one attached hydrogen (secondary N) is 1. The van der Waals surface area contributed by atoms with Crippen molar-refractivity contribution in [1.29, 1.82) is 0 Å². The fourth-order valence-electron chi connectivity index (χ4n) is 2.08. The summed E-state index contributed by atoms with van der Waals surface area (Å²) in [6.45, 7) is 3.66. The van der Waals surface area contributed by atoms with E-state index in [2.05, 4.69) is 5.32 Å². The minimum absolute atomic E-state index is 0.0415. The van der Waals surface area contributed by atoms with Crippen LogP contribution in [0.1, 0.15) is 38.7 Å². The molecule has 2 N–H and O–H groups in total. The number of hydrogen-bond acceptors (Lipinski definition) is 3. The summed E-state index contributed by atoms with van der Waals surface area (Å²) in [6.07, 6.45) is 1.38. The zero-order chi connectivity index (χ0) is 15.9. The average Bonchev–Trinajstić information content (AvgIpc) is 2.43. The molecule has 0 fully saturated rings. The lowest BCUT2D eigenvalue weighted by Crippen LogP contribution is -2.43. The smallest absolute Gasteiger partial charge is 0.303 e. The van der Waals surface area contributed by atoms with Gasteiger partial charge in [-0.05, 0) is 38.3 Å². The molecular formula is C16H23NO4. The third-order valence-electron chi connectivity index (χ3n) is 3.26. The molecule has 0 spiro atoms. The molecule has 0 saturated heterocycles. The summed E-state index contributed by atoms with van der Waals surface area (Å²) in [5, 5.41) is 11.6. The van der Waals surface area contributed by atoms with Crippen LogP contribution in [0.4, 0.5) is 0 Å². The highest BCUT2D eigenvalue weighted by Crippen LogP contribution is 2.19. The number of rotatable bonds is 8. The van der Waals surface area contributed by atoms with Crippen molar-refractivity contribution in [3.8, 4) is 5.75 Å². The van der Waals surface area contributed by atoms with Crippen LogP contribution in [0.25, 0.3) is 0 Å². The van der Waals surface area contributed by atoms with Crippen molar-refractivity contribution in [2.75, 3.05) is 7.11 Å². The molecule has 21 heavy (non-hydrogen) atoms. The van der Waals surface area contributed by atoms with Gasteiger partial charge < -0.3 is 15.2 Å². The van der Waals surface area contributed by atoms with Gasteiger partial charge >= 0.3 is 5.97 Å². The second kappa shape index (κ2) is 7.67. The molecule has 0 saturated carbocycles. The highest BCUT2D eigenvalue weighted by atomic mass is 16.5. The van der Waals surface area contributed by atoms with Gasteiger partial charge in [-0.25, -0.2) is 0 Å². The standard InChI is InChI=1S/C16H23NO4/c1-16(2,11-10-15(19)20)17-14(18)9-8-12-6-4-5-7-13(12)21-3/h4-7H,8-11H2,1-3H3,(H,17,18)(H,19,20). The molecule has 1 rings (SSSR count). The summed E-state index contributed by atoms with van der Waals surface area (Å²) < 4.78 is 5.25. The molecule has 5 nitrogen and oxygen atoms in total. The Morgan fingerprint density at radius 1 is 1.24 bits per heavy atom. The number of methoxy groups -OCH3 is 1. The molecule has 0 aliphatic heterocycles. The van der Waals surface area contributed by atoms with Crippen LogP contribution >= 0.6 is 0 Å². The number of aryl methyl sites for hydroxylation is 1. The second-order valence-electron chi connectivity index (χ2n) is 5.64. The van der Waals surface area contributed by atoms with Gasteiger partial charge in [-0.3, -0.25) is 9.59 Å². The SMILES string of the molecule is COc1ccccc1CCC(=O)NC(C)(C)CCC(=O)O. The van der Waals surface area contributed by atoms with E-state index in [1.54, 1.807) is 7.11 Å². The minimum atomic E-state index is -0.855. The van der Waals surface area contributed by atoms with E-state index in [1.165, 1.54) is 0 Å². The summed E-state index contributed by atoms with van der Waals surface area (Å²) in [6, 6.07) is 7.59. The van der Waals surface area contributed by atoms with Crippen molar-refractivity contribution in [2.24, 2.45) is 0 Å². The van der Waals surface area contributed by atoms with Crippen molar-refractivity contribution < 1.29 is 19.4 Å². The first-order chi connectivity index (χ1) is 9.84. The first-order valence-corrected chi connectivity index (χ1v) is 6.99. The van der Waals surface area contributed by atoms with Crippen LogP contribution in [0.15, 0.2) is 24.3 Å². The van der Waals surface area contributed by atoms with E-state index in [0.29, 0.717) is 19.3 Å². The van der Waals surface area contributed by atoms with E-state index in [4.69, 9.17) is 9.84 Å². The van der Waals surface area contributed by atoms with Crippen LogP contribution in [0.3, 0.4) is 0 Å². The number of para-hydroxylation sites is 1. The van der Waals surface area contributed by atoms with Crippen molar-refractivity contribution in [3.63, 3.8) is 0 Å². The van der Waals surface area contributed by atoms with Crippen LogP contribution in [-0.4, -0.2) is 29.6 Å². The molecule has 1 aromatic rings. The lowest BCUT2D eigenvalue weighted by molar-refractivity contribution is -0.137. The Morgan fingerprint density at radius 3 is 2.52 bits per heavy atom. The Hall–Kier alpha value is -2.04. The molecule has 116 valence electrons. The van der Waals surface area contributed by atoms with Crippen LogP contribution in [0.5, 0.6) is 5.75 Å². The number of carboxylic acid groups (broad SMARTS) is 1. The van der Waals surface area contributed by atoms with Crippen molar-refractivity contribution in [3.05, 3.63) is 29.8 Å². The number of amides is 1. The van der Waals surface area contributed by atoms with Crippen LogP contribution in [0, 0.1) is 0 Å². The van der Waals surface area contributed by atoms with Gasteiger partial charge in [-0.1, -0.05) is 18.2 Å². The second-order valence-corrected chi connectivity index (χ2v) is 5.64. The van der Waals surface area contributed by atoms with Gasteiger partial charge in [-0.15, -0.1) is 0 Å². The largest absolute Gasteiger partial charge is 0.496 e. The maximum atomic E-state index is 12.0. The van der Waals surface area contributed by atoms with Crippen molar-refractivity contribution >= 4 is 11.9 Å². The zero-order valence-electron chi connectivity index (χ0n) is 12.8. The Labute approximate surface area is 125 Å². The first kappa shape index (κ1) is 17.0. The highest BCUT2D eigenvalue weighted by molar-refractivity contribution is 5.77. The number of benzene rings is 1. The molecule has 1 aromatic carbocycles. The van der Waals surface area contributed by atoms with Gasteiger partial charge in [0.15, 0.2) is 0 Å². The van der Waals surface area contributed by atoms with E-state index >= 15 is 0 Å². The van der Waals surface area contributed by atoms with Gasteiger partial charge in [-0.2, -0.15) is 0 Å². The van der Waals surface area contributed by atoms with E-state index in [1.807, 2.05) is 38.1 Å². The van der Waals surface area contributed by atoms with E-state index in [0.717, 1.165) is 11.3 Å². The molecule has 0 heterocycles. The Morgan fingerprint density at radius 2 is 1.90 bits per heavy atom. The zero-order valence-corrected chi connectivity index (χ0v) is 12.8. The Kier molecular flexibility index (Phi) is 6.21. The molecule has 0 unspecified atom stereocenters. The normalized spacial score (nSPS) is 11.0. The summed E-state index contributed by atoms with van der Waals surface area (Å²) >= 11 is 0. The molecule has 0 aliphatic carbocycles. The molecule has 1 amide bonds. The first-order valence-electron chi connectivity index (χ1n) is 6.99. The number of carbonyl (C=O) groups is 2. The van der Waals surface area contributed by atoms with Crippen molar-refractivity contribution in [1.82, 2.24) is 5.32 Å².